The van der Waals surface area contributed by atoms with Gasteiger partial charge in [-0.1, -0.05) is 25.1 Å². The van der Waals surface area contributed by atoms with Gasteiger partial charge in [0.15, 0.2) is 0 Å². The number of rotatable bonds is 6. The van der Waals surface area contributed by atoms with Crippen LogP contribution < -0.4 is 5.32 Å². The zero-order chi connectivity index (χ0) is 12.0. The third kappa shape index (κ3) is 3.29. The van der Waals surface area contributed by atoms with Crippen molar-refractivity contribution in [3.8, 4) is 0 Å². The summed E-state index contributed by atoms with van der Waals surface area (Å²) in [6.45, 7) is 2.39. The second-order valence-electron chi connectivity index (χ2n) is 3.55. The van der Waals surface area contributed by atoms with Gasteiger partial charge in [0.2, 0.25) is 0 Å². The van der Waals surface area contributed by atoms with Crippen LogP contribution in [0.2, 0.25) is 0 Å². The van der Waals surface area contributed by atoms with E-state index >= 15 is 0 Å². The second-order valence-corrected chi connectivity index (χ2v) is 3.55. The first-order valence-electron chi connectivity index (χ1n) is 5.25. The highest BCUT2D eigenvalue weighted by molar-refractivity contribution is 5.39. The van der Waals surface area contributed by atoms with Crippen molar-refractivity contribution in [2.45, 2.75) is 25.9 Å². The number of nitrogens with one attached hydrogen (secondary N) is 1. The SMILES string of the molecule is CC[C@H](CO)NCc1ccccc1[N+](=O)[O-]. The standard InChI is InChI=1S/C11H16N2O3/c1-2-10(8-14)12-7-9-5-3-4-6-11(9)13(15)16/h3-6,10,12,14H,2,7-8H2,1H3/t10-/m1/s1. The summed E-state index contributed by atoms with van der Waals surface area (Å²) in [5.41, 5.74) is 0.752. The van der Waals surface area contributed by atoms with Crippen LogP contribution >= 0.6 is 0 Å². The molecule has 0 fully saturated rings. The molecule has 16 heavy (non-hydrogen) atoms. The van der Waals surface area contributed by atoms with Gasteiger partial charge in [0.05, 0.1) is 11.5 Å². The number of nitrogens with zero attached hydrogens (tertiary/aromatic N) is 1. The van der Waals surface area contributed by atoms with Crippen molar-refractivity contribution < 1.29 is 10.0 Å². The summed E-state index contributed by atoms with van der Waals surface area (Å²) < 4.78 is 0. The molecule has 0 radical (unpaired) electrons. The topological polar surface area (TPSA) is 75.4 Å². The van der Waals surface area contributed by atoms with Crippen molar-refractivity contribution in [1.29, 1.82) is 0 Å². The molecular formula is C11H16N2O3. The van der Waals surface area contributed by atoms with E-state index in [4.69, 9.17) is 5.11 Å². The lowest BCUT2D eigenvalue weighted by Gasteiger charge is -2.13. The predicted molar refractivity (Wildman–Crippen MR) is 61.1 cm³/mol. The van der Waals surface area contributed by atoms with Gasteiger partial charge in [0.25, 0.3) is 5.69 Å². The molecule has 0 aliphatic rings. The number of hydrogen-bond donors (Lipinski definition) is 2. The number of para-hydroxylation sites is 1. The van der Waals surface area contributed by atoms with Gasteiger partial charge in [-0.3, -0.25) is 10.1 Å². The molecule has 1 aromatic carbocycles. The van der Waals surface area contributed by atoms with E-state index in [0.717, 1.165) is 6.42 Å². The van der Waals surface area contributed by atoms with E-state index in [1.807, 2.05) is 6.92 Å². The van der Waals surface area contributed by atoms with Crippen molar-refractivity contribution in [1.82, 2.24) is 5.32 Å². The Kier molecular flexibility index (Phi) is 4.88. The largest absolute Gasteiger partial charge is 0.395 e. The lowest BCUT2D eigenvalue weighted by atomic mass is 10.1. The van der Waals surface area contributed by atoms with Crippen molar-refractivity contribution in [3.63, 3.8) is 0 Å². The average Bonchev–Trinajstić information content (AvgIpc) is 2.30. The molecule has 1 aromatic rings. The Balaban J connectivity index is 2.69. The molecule has 0 saturated carbocycles. The molecule has 88 valence electrons. The maximum absolute atomic E-state index is 10.7. The van der Waals surface area contributed by atoms with E-state index < -0.39 is 4.92 Å². The van der Waals surface area contributed by atoms with Crippen LogP contribution in [-0.4, -0.2) is 22.7 Å². The summed E-state index contributed by atoms with van der Waals surface area (Å²) in [5, 5.41) is 22.8. The van der Waals surface area contributed by atoms with E-state index in [9.17, 15) is 10.1 Å². The molecule has 5 heteroatoms. The molecule has 5 nitrogen and oxygen atoms in total. The van der Waals surface area contributed by atoms with Crippen LogP contribution in [0.25, 0.3) is 0 Å². The molecule has 0 amide bonds. The van der Waals surface area contributed by atoms with Crippen LogP contribution in [0.3, 0.4) is 0 Å². The number of benzene rings is 1. The van der Waals surface area contributed by atoms with Gasteiger partial charge in [-0.25, -0.2) is 0 Å². The van der Waals surface area contributed by atoms with Crippen LogP contribution in [0.15, 0.2) is 24.3 Å². The molecule has 0 bridgehead atoms. The van der Waals surface area contributed by atoms with Gasteiger partial charge in [0.1, 0.15) is 0 Å². The molecule has 0 aliphatic carbocycles. The van der Waals surface area contributed by atoms with Gasteiger partial charge in [-0.15, -0.1) is 0 Å². The van der Waals surface area contributed by atoms with Gasteiger partial charge in [-0.05, 0) is 6.42 Å². The average molecular weight is 224 g/mol. The molecular weight excluding hydrogens is 208 g/mol. The Morgan fingerprint density at radius 2 is 2.19 bits per heavy atom. The van der Waals surface area contributed by atoms with Crippen molar-refractivity contribution in [2.75, 3.05) is 6.61 Å². The highest BCUT2D eigenvalue weighted by atomic mass is 16.6. The molecule has 2 N–H and O–H groups in total. The number of aliphatic hydroxyl groups is 1. The van der Waals surface area contributed by atoms with Crippen LogP contribution in [-0.2, 0) is 6.54 Å². The Labute approximate surface area is 94.3 Å². The minimum absolute atomic E-state index is 0.0141. The Hall–Kier alpha value is -1.46. The minimum Gasteiger partial charge on any atom is -0.395 e. The summed E-state index contributed by atoms with van der Waals surface area (Å²) in [6.07, 6.45) is 0.789. The van der Waals surface area contributed by atoms with Gasteiger partial charge >= 0.3 is 0 Å². The van der Waals surface area contributed by atoms with Gasteiger partial charge in [-0.2, -0.15) is 0 Å². The lowest BCUT2D eigenvalue weighted by molar-refractivity contribution is -0.385. The summed E-state index contributed by atoms with van der Waals surface area (Å²) >= 11 is 0. The molecule has 1 atom stereocenters. The summed E-state index contributed by atoms with van der Waals surface area (Å²) in [5.74, 6) is 0. The zero-order valence-corrected chi connectivity index (χ0v) is 9.22. The summed E-state index contributed by atoms with van der Waals surface area (Å²) in [4.78, 5) is 10.3. The van der Waals surface area contributed by atoms with Crippen LogP contribution in [0.1, 0.15) is 18.9 Å². The maximum atomic E-state index is 10.7. The molecule has 0 saturated heterocycles. The van der Waals surface area contributed by atoms with E-state index in [-0.39, 0.29) is 18.3 Å². The van der Waals surface area contributed by atoms with Crippen molar-refractivity contribution in [3.05, 3.63) is 39.9 Å². The van der Waals surface area contributed by atoms with Gasteiger partial charge in [0, 0.05) is 24.2 Å². The monoisotopic (exact) mass is 224 g/mol. The fraction of sp³-hybridized carbons (Fsp3) is 0.455. The van der Waals surface area contributed by atoms with Crippen LogP contribution in [0, 0.1) is 10.1 Å². The molecule has 0 spiro atoms. The number of nitro groups is 1. The first-order valence-corrected chi connectivity index (χ1v) is 5.25. The van der Waals surface area contributed by atoms with Crippen molar-refractivity contribution in [2.24, 2.45) is 0 Å². The lowest BCUT2D eigenvalue weighted by Crippen LogP contribution is -2.31. The molecule has 1 rings (SSSR count). The normalized spacial score (nSPS) is 12.4. The Bertz CT molecular complexity index is 351. The second kappa shape index (κ2) is 6.19. The third-order valence-corrected chi connectivity index (χ3v) is 2.48. The quantitative estimate of drug-likeness (QED) is 0.566. The highest BCUT2D eigenvalue weighted by Gasteiger charge is 2.13. The first kappa shape index (κ1) is 12.6. The number of hydrogen-bond acceptors (Lipinski definition) is 4. The summed E-state index contributed by atoms with van der Waals surface area (Å²) in [6, 6.07) is 6.60. The number of aliphatic hydroxyl groups excluding tert-OH is 1. The third-order valence-electron chi connectivity index (χ3n) is 2.48. The zero-order valence-electron chi connectivity index (χ0n) is 9.22. The van der Waals surface area contributed by atoms with Crippen molar-refractivity contribution >= 4 is 5.69 Å². The fourth-order valence-corrected chi connectivity index (χ4v) is 1.43. The smallest absolute Gasteiger partial charge is 0.273 e. The van der Waals surface area contributed by atoms with E-state index in [0.29, 0.717) is 12.1 Å². The Morgan fingerprint density at radius 3 is 2.75 bits per heavy atom. The van der Waals surface area contributed by atoms with E-state index in [1.165, 1.54) is 6.07 Å². The number of nitro benzene ring substituents is 1. The molecule has 0 aliphatic heterocycles. The van der Waals surface area contributed by atoms with E-state index in [1.54, 1.807) is 18.2 Å². The first-order chi connectivity index (χ1) is 7.69. The van der Waals surface area contributed by atoms with Gasteiger partial charge < -0.3 is 10.4 Å². The van der Waals surface area contributed by atoms with Crippen LogP contribution in [0.5, 0.6) is 0 Å². The predicted octanol–water partition coefficient (Wildman–Crippen LogP) is 1.46. The van der Waals surface area contributed by atoms with Crippen LogP contribution in [0.4, 0.5) is 5.69 Å². The summed E-state index contributed by atoms with van der Waals surface area (Å²) in [7, 11) is 0. The molecule has 0 aromatic heterocycles. The van der Waals surface area contributed by atoms with E-state index in [2.05, 4.69) is 5.32 Å². The molecule has 0 heterocycles. The molecule has 0 unspecified atom stereocenters. The Morgan fingerprint density at radius 1 is 1.50 bits per heavy atom. The maximum Gasteiger partial charge on any atom is 0.273 e. The minimum atomic E-state index is -0.392. The highest BCUT2D eigenvalue weighted by Crippen LogP contribution is 2.17. The fourth-order valence-electron chi connectivity index (χ4n) is 1.43.